The van der Waals surface area contributed by atoms with E-state index >= 15 is 0 Å². The number of hydrogen-bond acceptors (Lipinski definition) is 12. The van der Waals surface area contributed by atoms with Gasteiger partial charge in [-0.05, 0) is 169 Å². The molecule has 0 unspecified atom stereocenters. The Kier molecular flexibility index (Phi) is 20.4. The summed E-state index contributed by atoms with van der Waals surface area (Å²) in [4.78, 5) is 92.1. The van der Waals surface area contributed by atoms with Crippen LogP contribution in [0, 0.1) is 40.4 Å². The third-order valence-corrected chi connectivity index (χ3v) is 17.4. The normalized spacial score (nSPS) is 10.8. The fourth-order valence-electron chi connectivity index (χ4n) is 9.65. The van der Waals surface area contributed by atoms with Gasteiger partial charge in [0.1, 0.15) is 11.6 Å². The van der Waals surface area contributed by atoms with E-state index in [0.717, 1.165) is 80.6 Å². The van der Waals surface area contributed by atoms with E-state index in [0.29, 0.717) is 44.2 Å². The molecule has 0 amide bonds. The van der Waals surface area contributed by atoms with Gasteiger partial charge in [0.2, 0.25) is 0 Å². The number of carbonyl (C=O) groups excluding carboxylic acids is 3. The molecule has 0 aliphatic rings. The van der Waals surface area contributed by atoms with Gasteiger partial charge in [0, 0.05) is 123 Å². The molecule has 9 aromatic heterocycles. The van der Waals surface area contributed by atoms with E-state index < -0.39 is 5.82 Å². The number of nitrogens with zero attached hydrogens (tertiary/aromatic N) is 9. The van der Waals surface area contributed by atoms with Crippen molar-refractivity contribution in [2.45, 2.75) is 80.6 Å². The minimum atomic E-state index is -0.505. The maximum absolute atomic E-state index is 14.6. The van der Waals surface area contributed by atoms with Gasteiger partial charge in [-0.15, -0.1) is 34.0 Å². The Hall–Kier alpha value is -9.82. The molecule has 0 aliphatic heterocycles. The Bertz CT molecular complexity index is 4500. The van der Waals surface area contributed by atoms with Gasteiger partial charge in [-0.3, -0.25) is 42.5 Å². The summed E-state index contributed by atoms with van der Waals surface area (Å²) in [5.74, 6) is 0.780. The summed E-state index contributed by atoms with van der Waals surface area (Å²) in [5, 5.41) is 0. The van der Waals surface area contributed by atoms with Crippen LogP contribution >= 0.6 is 34.0 Å². The van der Waals surface area contributed by atoms with Gasteiger partial charge in [-0.25, -0.2) is 19.3 Å². The van der Waals surface area contributed by atoms with Crippen LogP contribution in [0.15, 0.2) is 216 Å². The average molecular weight is 1230 g/mol. The molecular weight excluding hydrogens is 1170 g/mol. The monoisotopic (exact) mass is 1230 g/mol. The van der Waals surface area contributed by atoms with Crippen molar-refractivity contribution in [3.63, 3.8) is 0 Å². The minimum Gasteiger partial charge on any atom is -0.306 e. The van der Waals surface area contributed by atoms with Crippen molar-refractivity contribution in [3.8, 4) is 34.1 Å². The molecule has 9 heterocycles. The third kappa shape index (κ3) is 15.2. The maximum Gasteiger partial charge on any atom is 0.255 e. The lowest BCUT2D eigenvalue weighted by Gasteiger charge is -2.09. The number of halogens is 1. The quantitative estimate of drug-likeness (QED) is 0.0758. The van der Waals surface area contributed by atoms with E-state index in [1.807, 2.05) is 147 Å². The lowest BCUT2D eigenvalue weighted by molar-refractivity contribution is 0.0978. The van der Waals surface area contributed by atoms with Crippen molar-refractivity contribution < 1.29 is 18.8 Å². The summed E-state index contributed by atoms with van der Waals surface area (Å²) >= 11 is 4.57. The molecule has 0 saturated carbocycles. The second-order valence-electron chi connectivity index (χ2n) is 20.5. The number of Topliss-reactive ketones (excluding diaryl/α,β-unsaturated/α-hetero) is 3. The Morgan fingerprint density at radius 1 is 0.443 bits per heavy atom. The molecule has 0 bridgehead atoms. The molecule has 3 aromatic carbocycles. The van der Waals surface area contributed by atoms with Crippen LogP contribution < -0.4 is 16.7 Å². The van der Waals surface area contributed by atoms with Crippen LogP contribution in [-0.2, 0) is 19.3 Å². The number of ketones is 3. The minimum absolute atomic E-state index is 0. The van der Waals surface area contributed by atoms with Crippen LogP contribution in [-0.4, -0.2) is 59.7 Å². The maximum atomic E-state index is 14.6. The van der Waals surface area contributed by atoms with Crippen molar-refractivity contribution in [1.82, 2.24) is 42.4 Å². The molecule has 12 rings (SSSR count). The Balaban J connectivity index is 0.000000156. The van der Waals surface area contributed by atoms with Gasteiger partial charge in [0.15, 0.2) is 17.3 Å². The van der Waals surface area contributed by atoms with E-state index in [1.165, 1.54) is 56.9 Å². The molecule has 0 atom stereocenters. The first-order valence-corrected chi connectivity index (χ1v) is 30.4. The first-order chi connectivity index (χ1) is 42.0. The van der Waals surface area contributed by atoms with Gasteiger partial charge < -0.3 is 13.7 Å². The zero-order chi connectivity index (χ0) is 61.1. The van der Waals surface area contributed by atoms with Gasteiger partial charge in [-0.2, -0.15) is 0 Å². The molecule has 0 fully saturated rings. The highest BCUT2D eigenvalue weighted by atomic mass is 32.1. The lowest BCUT2D eigenvalue weighted by atomic mass is 10.1. The molecule has 0 N–H and O–H groups in total. The first-order valence-electron chi connectivity index (χ1n) is 28.0. The van der Waals surface area contributed by atoms with E-state index in [9.17, 15) is 33.2 Å². The lowest BCUT2D eigenvalue weighted by Crippen LogP contribution is -2.16. The van der Waals surface area contributed by atoms with Crippen molar-refractivity contribution >= 4 is 51.4 Å². The van der Waals surface area contributed by atoms with Crippen LogP contribution in [0.1, 0.15) is 98.9 Å². The Morgan fingerprint density at radius 2 is 0.875 bits per heavy atom. The van der Waals surface area contributed by atoms with Crippen LogP contribution in [0.3, 0.4) is 0 Å². The average Bonchev–Trinajstić information content (AvgIpc) is 2.73. The summed E-state index contributed by atoms with van der Waals surface area (Å²) < 4.78 is 24.8. The summed E-state index contributed by atoms with van der Waals surface area (Å²) in [6.07, 6.45) is 15.2. The molecule has 0 saturated heterocycles. The van der Waals surface area contributed by atoms with E-state index in [1.54, 1.807) is 93.5 Å². The number of aryl methyl sites for hydroxylation is 7. The number of carbonyl (C=O) groups is 3. The Labute approximate surface area is 520 Å². The molecule has 15 nitrogen and oxygen atoms in total. The summed E-state index contributed by atoms with van der Waals surface area (Å²) in [5.41, 5.74) is 7.52. The van der Waals surface area contributed by atoms with E-state index in [2.05, 4.69) is 15.0 Å². The number of rotatable bonds is 18. The van der Waals surface area contributed by atoms with Crippen LogP contribution in [0.5, 0.6) is 0 Å². The standard InChI is InChI=1S/2C23H21N3O2S.C22H18FN3O2S.CH4/c1-16-6-13-22(29-16)21(27)12-7-18-15-26(17(2)24-18)20-10-8-19(9-11-20)25-14-4-3-5-23(25)28;1-16-6-13-22(29-16)21(27)12-11-20-17(2)26(15-24-20)19-9-7-18(8-10-19)25-14-4-3-5-23(25)28;1-15-5-10-21(29-15)20(27)9-6-16-13-25(14-24-16)17-7-8-19(18(23)12-17)26-11-3-2-4-22(26)28;/h3-6,8-11,13-15H,7,12H2,1-2H3;3-10,13-15H,11-12H2,1-2H3;2-5,7-8,10-14H,6,9H2,1H3;1H4. The molecule has 0 radical (unpaired) electrons. The number of benzene rings is 3. The number of hydrogen-bond donors (Lipinski definition) is 0. The predicted molar refractivity (Wildman–Crippen MR) is 349 cm³/mol. The second kappa shape index (κ2) is 28.6. The van der Waals surface area contributed by atoms with E-state index in [4.69, 9.17) is 0 Å². The van der Waals surface area contributed by atoms with Gasteiger partial charge >= 0.3 is 0 Å². The fourth-order valence-corrected chi connectivity index (χ4v) is 12.2. The van der Waals surface area contributed by atoms with Crippen LogP contribution in [0.25, 0.3) is 34.1 Å². The number of aromatic nitrogens is 9. The van der Waals surface area contributed by atoms with Crippen molar-refractivity contribution in [3.05, 3.63) is 296 Å². The zero-order valence-corrected chi connectivity index (χ0v) is 50.8. The third-order valence-electron chi connectivity index (χ3n) is 14.3. The van der Waals surface area contributed by atoms with Crippen LogP contribution in [0.2, 0.25) is 0 Å². The molecule has 0 spiro atoms. The highest BCUT2D eigenvalue weighted by Gasteiger charge is 2.16. The zero-order valence-electron chi connectivity index (χ0n) is 48.4. The van der Waals surface area contributed by atoms with Crippen molar-refractivity contribution in [2.75, 3.05) is 0 Å². The smallest absolute Gasteiger partial charge is 0.255 e. The Morgan fingerprint density at radius 3 is 1.33 bits per heavy atom. The van der Waals surface area contributed by atoms with Crippen molar-refractivity contribution in [1.29, 1.82) is 0 Å². The second-order valence-corrected chi connectivity index (χ2v) is 24.3. The molecule has 0 aliphatic carbocycles. The summed E-state index contributed by atoms with van der Waals surface area (Å²) in [6, 6.07) is 46.6. The number of thiophene rings is 3. The largest absolute Gasteiger partial charge is 0.306 e. The van der Waals surface area contributed by atoms with Gasteiger partial charge in [-0.1, -0.05) is 25.6 Å². The van der Waals surface area contributed by atoms with Gasteiger partial charge in [0.05, 0.1) is 50.1 Å². The predicted octanol–water partition coefficient (Wildman–Crippen LogP) is 14.0. The fraction of sp³-hybridized carbons (Fsp3) is 0.174. The van der Waals surface area contributed by atoms with Crippen LogP contribution in [0.4, 0.5) is 4.39 Å². The molecule has 446 valence electrons. The van der Waals surface area contributed by atoms with Gasteiger partial charge in [0.25, 0.3) is 16.7 Å². The number of pyridine rings is 3. The topological polar surface area (TPSA) is 171 Å². The van der Waals surface area contributed by atoms with Crippen molar-refractivity contribution in [2.24, 2.45) is 0 Å². The molecule has 88 heavy (non-hydrogen) atoms. The summed E-state index contributed by atoms with van der Waals surface area (Å²) in [7, 11) is 0. The highest BCUT2D eigenvalue weighted by Crippen LogP contribution is 2.24. The molecule has 19 heteroatoms. The highest BCUT2D eigenvalue weighted by molar-refractivity contribution is 7.14. The molecular formula is C69H64FN9O6S3. The first kappa shape index (κ1) is 62.7. The molecule has 12 aromatic rings. The summed E-state index contributed by atoms with van der Waals surface area (Å²) in [6.45, 7) is 9.95. The number of imidazole rings is 3. The SMILES string of the molecule is C.Cc1ccc(C(=O)CCc2cn(-c3ccc(-n4ccccc4=O)c(F)c3)cn2)s1.Cc1ccc(C(=O)CCc2cn(-c3ccc(-n4ccccc4=O)cc3)c(C)n2)s1.Cc1ccc(C(=O)CCc2ncn(-c3ccc(-n4ccccc4=O)cc3)c2C)s1. The van der Waals surface area contributed by atoms with E-state index in [-0.39, 0.29) is 47.1 Å².